The van der Waals surface area contributed by atoms with Crippen LogP contribution in [0.4, 0.5) is 13.6 Å². The van der Waals surface area contributed by atoms with Crippen LogP contribution in [0, 0.1) is 0 Å². The molecule has 0 fully saturated rings. The molecule has 1 unspecified atom stereocenters. The van der Waals surface area contributed by atoms with Gasteiger partial charge in [0.1, 0.15) is 13.3 Å². The highest BCUT2D eigenvalue weighted by molar-refractivity contribution is 5.74. The predicted molar refractivity (Wildman–Crippen MR) is 78.2 cm³/mol. The van der Waals surface area contributed by atoms with Gasteiger partial charge in [0.25, 0.3) is 0 Å². The lowest BCUT2D eigenvalue weighted by Gasteiger charge is -2.20. The third-order valence-corrected chi connectivity index (χ3v) is 3.07. The smallest absolute Gasteiger partial charge is 0.315 e. The topological polar surface area (TPSA) is 78.4 Å². The van der Waals surface area contributed by atoms with E-state index in [2.05, 4.69) is 10.6 Å². The fourth-order valence-electron chi connectivity index (χ4n) is 1.95. The van der Waals surface area contributed by atoms with E-state index in [1.807, 2.05) is 30.3 Å². The molecule has 122 valence electrons. The zero-order valence-electron chi connectivity index (χ0n) is 12.1. The van der Waals surface area contributed by atoms with Gasteiger partial charge in [0.2, 0.25) is 0 Å². The number of hydrogen-bond acceptors (Lipinski definition) is 2. The van der Waals surface area contributed by atoms with Crippen molar-refractivity contribution in [1.29, 1.82) is 0 Å². The van der Waals surface area contributed by atoms with Gasteiger partial charge in [-0.05, 0) is 18.4 Å². The quantitative estimate of drug-likeness (QED) is 0.653. The van der Waals surface area contributed by atoms with E-state index in [4.69, 9.17) is 5.11 Å². The number of urea groups is 1. The Morgan fingerprint density at radius 3 is 2.18 bits per heavy atom. The number of alkyl halides is 2. The van der Waals surface area contributed by atoms with E-state index in [0.29, 0.717) is 6.42 Å². The molecule has 0 spiro atoms. The molecule has 0 radical (unpaired) electrons. The van der Waals surface area contributed by atoms with Gasteiger partial charge in [-0.2, -0.15) is 0 Å². The summed E-state index contributed by atoms with van der Waals surface area (Å²) in [7, 11) is 0. The summed E-state index contributed by atoms with van der Waals surface area (Å²) >= 11 is 0. The number of carboxylic acid groups (broad SMARTS) is 1. The lowest BCUT2D eigenvalue weighted by Crippen LogP contribution is -2.48. The normalized spacial score (nSPS) is 12.0. The van der Waals surface area contributed by atoms with E-state index in [1.54, 1.807) is 0 Å². The van der Waals surface area contributed by atoms with E-state index in [9.17, 15) is 18.4 Å². The molecule has 0 aliphatic rings. The van der Waals surface area contributed by atoms with Crippen molar-refractivity contribution in [2.75, 3.05) is 13.3 Å². The largest absolute Gasteiger partial charge is 0.481 e. The highest BCUT2D eigenvalue weighted by Gasteiger charge is 2.17. The van der Waals surface area contributed by atoms with Gasteiger partial charge < -0.3 is 15.7 Å². The van der Waals surface area contributed by atoms with Gasteiger partial charge in [0.05, 0.1) is 6.04 Å². The minimum absolute atomic E-state index is 0.104. The maximum Gasteiger partial charge on any atom is 0.315 e. The average molecular weight is 314 g/mol. The van der Waals surface area contributed by atoms with Crippen LogP contribution >= 0.6 is 0 Å². The van der Waals surface area contributed by atoms with Crippen molar-refractivity contribution in [3.8, 4) is 0 Å². The molecule has 1 aromatic rings. The van der Waals surface area contributed by atoms with Crippen molar-refractivity contribution in [3.63, 3.8) is 0 Å². The van der Waals surface area contributed by atoms with Gasteiger partial charge >= 0.3 is 12.0 Å². The van der Waals surface area contributed by atoms with Gasteiger partial charge in [0.15, 0.2) is 0 Å². The fourth-order valence-corrected chi connectivity index (χ4v) is 1.95. The van der Waals surface area contributed by atoms with Crippen molar-refractivity contribution in [2.24, 2.45) is 0 Å². The number of halogens is 2. The van der Waals surface area contributed by atoms with Crippen LogP contribution < -0.4 is 10.6 Å². The molecule has 1 aromatic carbocycles. The van der Waals surface area contributed by atoms with Crippen molar-refractivity contribution >= 4 is 12.0 Å². The highest BCUT2D eigenvalue weighted by Crippen LogP contribution is 2.08. The van der Waals surface area contributed by atoms with Crippen molar-refractivity contribution in [1.82, 2.24) is 10.6 Å². The molecular weight excluding hydrogens is 294 g/mol. The molecule has 0 aromatic heterocycles. The average Bonchev–Trinajstić information content (AvgIpc) is 2.51. The molecule has 2 amide bonds. The molecule has 7 heteroatoms. The molecule has 0 saturated heterocycles. The molecule has 5 nitrogen and oxygen atoms in total. The van der Waals surface area contributed by atoms with Gasteiger partial charge in [-0.1, -0.05) is 30.3 Å². The molecule has 3 N–H and O–H groups in total. The second-order valence-electron chi connectivity index (χ2n) is 4.94. The first-order valence-corrected chi connectivity index (χ1v) is 6.99. The molecule has 1 rings (SSSR count). The van der Waals surface area contributed by atoms with Crippen LogP contribution in [-0.2, 0) is 11.2 Å². The number of nitrogens with one attached hydrogen (secondary N) is 2. The highest BCUT2D eigenvalue weighted by atomic mass is 19.1. The standard InChI is InChI=1S/C15H20F2N2O3/c16-9-13(10-17)19-15(22)18-12(6-7-14(20)21)8-11-4-2-1-3-5-11/h1-5,12-13H,6-10H2,(H,20,21)(H2,18,19,22). The van der Waals surface area contributed by atoms with Gasteiger partial charge in [-0.3, -0.25) is 4.79 Å². The Hall–Kier alpha value is -2.18. The fraction of sp³-hybridized carbons (Fsp3) is 0.467. The Labute approximate surface area is 127 Å². The monoisotopic (exact) mass is 314 g/mol. The first-order chi connectivity index (χ1) is 10.5. The summed E-state index contributed by atoms with van der Waals surface area (Å²) in [6.45, 7) is -2.00. The van der Waals surface area contributed by atoms with Crippen LogP contribution in [0.5, 0.6) is 0 Å². The van der Waals surface area contributed by atoms with E-state index < -0.39 is 37.4 Å². The Balaban J connectivity index is 2.60. The van der Waals surface area contributed by atoms with Gasteiger partial charge in [0, 0.05) is 12.5 Å². The van der Waals surface area contributed by atoms with Gasteiger partial charge in [-0.15, -0.1) is 0 Å². The second kappa shape index (κ2) is 9.70. The summed E-state index contributed by atoms with van der Waals surface area (Å²) in [5.41, 5.74) is 0.936. The Kier molecular flexibility index (Phi) is 7.88. The second-order valence-corrected chi connectivity index (χ2v) is 4.94. The lowest BCUT2D eigenvalue weighted by atomic mass is 10.0. The Bertz CT molecular complexity index is 467. The van der Waals surface area contributed by atoms with E-state index in [-0.39, 0.29) is 12.8 Å². The van der Waals surface area contributed by atoms with Crippen molar-refractivity contribution in [3.05, 3.63) is 35.9 Å². The molecule has 22 heavy (non-hydrogen) atoms. The van der Waals surface area contributed by atoms with Crippen molar-refractivity contribution < 1.29 is 23.5 Å². The third-order valence-electron chi connectivity index (χ3n) is 3.07. The minimum Gasteiger partial charge on any atom is -0.481 e. The summed E-state index contributed by atoms with van der Waals surface area (Å²) in [4.78, 5) is 22.4. The Morgan fingerprint density at radius 1 is 1.05 bits per heavy atom. The van der Waals surface area contributed by atoms with Crippen LogP contribution in [0.25, 0.3) is 0 Å². The predicted octanol–water partition coefficient (Wildman–Crippen LogP) is 2.07. The molecular formula is C15H20F2N2O3. The van der Waals surface area contributed by atoms with Crippen LogP contribution in [-0.4, -0.2) is 42.5 Å². The molecule has 0 aliphatic carbocycles. The van der Waals surface area contributed by atoms with Crippen LogP contribution in [0.15, 0.2) is 30.3 Å². The van der Waals surface area contributed by atoms with E-state index >= 15 is 0 Å². The van der Waals surface area contributed by atoms with E-state index in [1.165, 1.54) is 0 Å². The maximum absolute atomic E-state index is 12.4. The number of carboxylic acids is 1. The summed E-state index contributed by atoms with van der Waals surface area (Å²) in [6, 6.07) is 6.93. The van der Waals surface area contributed by atoms with Gasteiger partial charge in [-0.25, -0.2) is 13.6 Å². The number of hydrogen-bond donors (Lipinski definition) is 3. The van der Waals surface area contributed by atoms with Crippen LogP contribution in [0.3, 0.4) is 0 Å². The molecule has 0 saturated carbocycles. The minimum atomic E-state index is -1.18. The summed E-state index contributed by atoms with van der Waals surface area (Å²) in [5, 5.41) is 13.5. The van der Waals surface area contributed by atoms with Crippen LogP contribution in [0.1, 0.15) is 18.4 Å². The van der Waals surface area contributed by atoms with Crippen molar-refractivity contribution in [2.45, 2.75) is 31.3 Å². The maximum atomic E-state index is 12.4. The number of amides is 2. The first kappa shape index (κ1) is 17.9. The summed E-state index contributed by atoms with van der Waals surface area (Å²) in [5.74, 6) is -0.967. The Morgan fingerprint density at radius 2 is 1.64 bits per heavy atom. The summed E-state index contributed by atoms with van der Waals surface area (Å²) in [6.07, 6.45) is 0.568. The molecule has 0 aliphatic heterocycles. The number of aliphatic carboxylic acids is 1. The number of carbonyl (C=O) groups excluding carboxylic acids is 1. The zero-order chi connectivity index (χ0) is 16.4. The lowest BCUT2D eigenvalue weighted by molar-refractivity contribution is -0.137. The van der Waals surface area contributed by atoms with Crippen LogP contribution in [0.2, 0.25) is 0 Å². The van der Waals surface area contributed by atoms with E-state index in [0.717, 1.165) is 5.56 Å². The molecule has 0 heterocycles. The summed E-state index contributed by atoms with van der Waals surface area (Å²) < 4.78 is 24.8. The SMILES string of the molecule is O=C(O)CCC(Cc1ccccc1)NC(=O)NC(CF)CF. The zero-order valence-corrected chi connectivity index (χ0v) is 12.1. The molecule has 1 atom stereocenters. The number of carbonyl (C=O) groups is 2. The third kappa shape index (κ3) is 7.01. The first-order valence-electron chi connectivity index (χ1n) is 6.99. The number of benzene rings is 1. The number of rotatable bonds is 9. The molecule has 0 bridgehead atoms.